The summed E-state index contributed by atoms with van der Waals surface area (Å²) in [5.41, 5.74) is 0. The molecule has 0 aromatic carbocycles. The first-order valence-electron chi connectivity index (χ1n) is 11.3. The molecule has 0 saturated carbocycles. The van der Waals surface area contributed by atoms with E-state index < -0.39 is 5.97 Å². The second kappa shape index (κ2) is 17.5. The van der Waals surface area contributed by atoms with E-state index in [2.05, 4.69) is 20.8 Å². The van der Waals surface area contributed by atoms with Gasteiger partial charge in [0.25, 0.3) is 0 Å². The molecule has 1 N–H and O–H groups in total. The molecule has 154 valence electrons. The molecule has 0 aliphatic carbocycles. The number of rotatable bonds is 19. The first-order chi connectivity index (χ1) is 12.5. The SMILES string of the molecule is CCCCCCC(=O)CCC(CC(CCCC)CCCCCC)C(=O)O. The molecule has 0 aliphatic rings. The van der Waals surface area contributed by atoms with Gasteiger partial charge in [0.05, 0.1) is 5.92 Å². The molecule has 0 heterocycles. The van der Waals surface area contributed by atoms with Crippen molar-refractivity contribution in [3.63, 3.8) is 0 Å². The molecule has 0 radical (unpaired) electrons. The topological polar surface area (TPSA) is 54.4 Å². The van der Waals surface area contributed by atoms with Crippen LogP contribution in [-0.2, 0) is 9.59 Å². The minimum Gasteiger partial charge on any atom is -0.481 e. The maximum Gasteiger partial charge on any atom is 0.306 e. The van der Waals surface area contributed by atoms with Crippen molar-refractivity contribution in [2.45, 2.75) is 124 Å². The Morgan fingerprint density at radius 1 is 0.692 bits per heavy atom. The summed E-state index contributed by atoms with van der Waals surface area (Å²) in [6.07, 6.45) is 16.4. The van der Waals surface area contributed by atoms with Gasteiger partial charge in [-0.2, -0.15) is 0 Å². The number of carbonyl (C=O) groups excluding carboxylic acids is 1. The number of carboxylic acid groups (broad SMARTS) is 1. The summed E-state index contributed by atoms with van der Waals surface area (Å²) in [6, 6.07) is 0. The monoisotopic (exact) mass is 368 g/mol. The fourth-order valence-electron chi connectivity index (χ4n) is 3.69. The average molecular weight is 369 g/mol. The predicted molar refractivity (Wildman–Crippen MR) is 111 cm³/mol. The van der Waals surface area contributed by atoms with Crippen LogP contribution in [-0.4, -0.2) is 16.9 Å². The highest BCUT2D eigenvalue weighted by atomic mass is 16.4. The fraction of sp³-hybridized carbons (Fsp3) is 0.913. The van der Waals surface area contributed by atoms with E-state index in [0.29, 0.717) is 25.2 Å². The van der Waals surface area contributed by atoms with Gasteiger partial charge >= 0.3 is 5.97 Å². The van der Waals surface area contributed by atoms with Gasteiger partial charge in [-0.25, -0.2) is 0 Å². The minimum atomic E-state index is -0.709. The van der Waals surface area contributed by atoms with Crippen molar-refractivity contribution in [1.82, 2.24) is 0 Å². The summed E-state index contributed by atoms with van der Waals surface area (Å²) in [5, 5.41) is 9.60. The van der Waals surface area contributed by atoms with E-state index in [1.54, 1.807) is 0 Å². The Morgan fingerprint density at radius 3 is 1.85 bits per heavy atom. The van der Waals surface area contributed by atoms with Crippen molar-refractivity contribution in [2.24, 2.45) is 11.8 Å². The molecule has 0 rings (SSSR count). The van der Waals surface area contributed by atoms with Crippen LogP contribution in [0.15, 0.2) is 0 Å². The van der Waals surface area contributed by atoms with E-state index in [-0.39, 0.29) is 11.7 Å². The van der Waals surface area contributed by atoms with Crippen LogP contribution < -0.4 is 0 Å². The predicted octanol–water partition coefficient (Wildman–Crippen LogP) is 7.17. The molecule has 0 aromatic rings. The quantitative estimate of drug-likeness (QED) is 0.246. The number of carbonyl (C=O) groups is 2. The zero-order chi connectivity index (χ0) is 19.6. The molecule has 0 aliphatic heterocycles. The van der Waals surface area contributed by atoms with Gasteiger partial charge in [-0.05, 0) is 25.2 Å². The number of aliphatic carboxylic acids is 1. The number of ketones is 1. The molecule has 0 bridgehead atoms. The van der Waals surface area contributed by atoms with E-state index in [0.717, 1.165) is 32.1 Å². The first-order valence-corrected chi connectivity index (χ1v) is 11.3. The smallest absolute Gasteiger partial charge is 0.306 e. The van der Waals surface area contributed by atoms with Crippen molar-refractivity contribution >= 4 is 11.8 Å². The van der Waals surface area contributed by atoms with Crippen molar-refractivity contribution < 1.29 is 14.7 Å². The second-order valence-corrected chi connectivity index (χ2v) is 8.02. The number of Topliss-reactive ketones (excluding diaryl/α,β-unsaturated/α-hetero) is 1. The van der Waals surface area contributed by atoms with Crippen molar-refractivity contribution in [3.05, 3.63) is 0 Å². The van der Waals surface area contributed by atoms with Gasteiger partial charge in [0.2, 0.25) is 0 Å². The fourth-order valence-corrected chi connectivity index (χ4v) is 3.69. The lowest BCUT2D eigenvalue weighted by atomic mass is 9.84. The highest BCUT2D eigenvalue weighted by molar-refractivity contribution is 5.79. The van der Waals surface area contributed by atoms with Crippen LogP contribution in [0.3, 0.4) is 0 Å². The molecule has 2 atom stereocenters. The lowest BCUT2D eigenvalue weighted by molar-refractivity contribution is -0.142. The largest absolute Gasteiger partial charge is 0.481 e. The standard InChI is InChI=1S/C23H44O3/c1-4-7-10-12-15-20(14-9-6-3)19-21(23(25)26)17-18-22(24)16-13-11-8-5-2/h20-21H,4-19H2,1-3H3,(H,25,26). The maximum absolute atomic E-state index is 12.0. The van der Waals surface area contributed by atoms with E-state index in [9.17, 15) is 14.7 Å². The van der Waals surface area contributed by atoms with Crippen LogP contribution in [0, 0.1) is 11.8 Å². The van der Waals surface area contributed by atoms with Gasteiger partial charge in [-0.15, -0.1) is 0 Å². The molecule has 2 unspecified atom stereocenters. The van der Waals surface area contributed by atoms with Gasteiger partial charge in [0.1, 0.15) is 5.78 Å². The number of hydrogen-bond donors (Lipinski definition) is 1. The van der Waals surface area contributed by atoms with Gasteiger partial charge in [-0.3, -0.25) is 9.59 Å². The van der Waals surface area contributed by atoms with Crippen LogP contribution in [0.25, 0.3) is 0 Å². The molecular weight excluding hydrogens is 324 g/mol. The van der Waals surface area contributed by atoms with Gasteiger partial charge < -0.3 is 5.11 Å². The highest BCUT2D eigenvalue weighted by Crippen LogP contribution is 2.27. The third-order valence-corrected chi connectivity index (χ3v) is 5.48. The van der Waals surface area contributed by atoms with Crippen LogP contribution >= 0.6 is 0 Å². The molecular formula is C23H44O3. The first kappa shape index (κ1) is 25.1. The third kappa shape index (κ3) is 14.3. The van der Waals surface area contributed by atoms with Crippen molar-refractivity contribution in [2.75, 3.05) is 0 Å². The summed E-state index contributed by atoms with van der Waals surface area (Å²) >= 11 is 0. The Balaban J connectivity index is 4.34. The maximum atomic E-state index is 12.0. The summed E-state index contributed by atoms with van der Waals surface area (Å²) in [4.78, 5) is 23.7. The molecule has 26 heavy (non-hydrogen) atoms. The van der Waals surface area contributed by atoms with E-state index in [4.69, 9.17) is 0 Å². The van der Waals surface area contributed by atoms with E-state index >= 15 is 0 Å². The van der Waals surface area contributed by atoms with E-state index in [1.165, 1.54) is 51.4 Å². The molecule has 0 amide bonds. The lowest BCUT2D eigenvalue weighted by Gasteiger charge is -2.21. The summed E-state index contributed by atoms with van der Waals surface area (Å²) in [7, 11) is 0. The highest BCUT2D eigenvalue weighted by Gasteiger charge is 2.23. The molecule has 0 fully saturated rings. The second-order valence-electron chi connectivity index (χ2n) is 8.02. The summed E-state index contributed by atoms with van der Waals surface area (Å²) in [5.74, 6) is -0.297. The zero-order valence-corrected chi connectivity index (χ0v) is 17.7. The number of hydrogen-bond acceptors (Lipinski definition) is 2. The Labute approximate surface area is 162 Å². The Hall–Kier alpha value is -0.860. The van der Waals surface area contributed by atoms with Crippen LogP contribution in [0.5, 0.6) is 0 Å². The molecule has 0 saturated heterocycles. The van der Waals surface area contributed by atoms with Crippen molar-refractivity contribution in [1.29, 1.82) is 0 Å². The van der Waals surface area contributed by atoms with Crippen LogP contribution in [0.2, 0.25) is 0 Å². The Kier molecular flexibility index (Phi) is 17.0. The molecule has 3 heteroatoms. The van der Waals surface area contributed by atoms with Gasteiger partial charge in [0, 0.05) is 12.8 Å². The number of unbranched alkanes of at least 4 members (excludes halogenated alkanes) is 7. The third-order valence-electron chi connectivity index (χ3n) is 5.48. The van der Waals surface area contributed by atoms with Crippen molar-refractivity contribution in [3.8, 4) is 0 Å². The molecule has 3 nitrogen and oxygen atoms in total. The minimum absolute atomic E-state index is 0.250. The van der Waals surface area contributed by atoms with Crippen LogP contribution in [0.4, 0.5) is 0 Å². The summed E-state index contributed by atoms with van der Waals surface area (Å²) in [6.45, 7) is 6.57. The Morgan fingerprint density at radius 2 is 1.27 bits per heavy atom. The summed E-state index contributed by atoms with van der Waals surface area (Å²) < 4.78 is 0. The van der Waals surface area contributed by atoms with Gasteiger partial charge in [-0.1, -0.05) is 91.4 Å². The molecule has 0 aromatic heterocycles. The average Bonchev–Trinajstić information content (AvgIpc) is 2.62. The number of carboxylic acids is 1. The Bertz CT molecular complexity index is 351. The zero-order valence-electron chi connectivity index (χ0n) is 17.7. The molecule has 0 spiro atoms. The lowest BCUT2D eigenvalue weighted by Crippen LogP contribution is -2.19. The van der Waals surface area contributed by atoms with Crippen LogP contribution in [0.1, 0.15) is 124 Å². The normalized spacial score (nSPS) is 13.5. The van der Waals surface area contributed by atoms with E-state index in [1.807, 2.05) is 0 Å². The van der Waals surface area contributed by atoms with Gasteiger partial charge in [0.15, 0.2) is 0 Å².